The molecule has 3 atom stereocenters. The van der Waals surface area contributed by atoms with Crippen molar-refractivity contribution < 1.29 is 23.9 Å². The second-order valence-electron chi connectivity index (χ2n) is 5.85. The van der Waals surface area contributed by atoms with Crippen molar-refractivity contribution in [2.24, 2.45) is 0 Å². The first-order valence-electron chi connectivity index (χ1n) is 8.07. The van der Waals surface area contributed by atoms with E-state index in [1.165, 1.54) is 6.92 Å². The summed E-state index contributed by atoms with van der Waals surface area (Å²) in [6, 6.07) is 4.67. The van der Waals surface area contributed by atoms with Gasteiger partial charge in [-0.15, -0.1) is 0 Å². The number of hydrogen-bond acceptors (Lipinski definition) is 6. The number of nitro groups is 1. The van der Waals surface area contributed by atoms with E-state index in [0.29, 0.717) is 37.4 Å². The fourth-order valence-corrected chi connectivity index (χ4v) is 3.26. The zero-order valence-electron chi connectivity index (χ0n) is 14.2. The van der Waals surface area contributed by atoms with Gasteiger partial charge in [-0.3, -0.25) is 14.9 Å². The summed E-state index contributed by atoms with van der Waals surface area (Å²) in [5.74, 6) is 0.464. The third-order valence-corrected chi connectivity index (χ3v) is 4.28. The highest BCUT2D eigenvalue weighted by Crippen LogP contribution is 2.39. The number of nitrogens with zero attached hydrogens (tertiary/aromatic N) is 1. The van der Waals surface area contributed by atoms with Gasteiger partial charge in [0.2, 0.25) is 6.04 Å². The van der Waals surface area contributed by atoms with Gasteiger partial charge in [-0.2, -0.15) is 0 Å². The predicted molar refractivity (Wildman–Crippen MR) is 87.1 cm³/mol. The fourth-order valence-electron chi connectivity index (χ4n) is 3.26. The number of carbonyl (C=O) groups is 1. The van der Waals surface area contributed by atoms with Crippen LogP contribution in [0.1, 0.15) is 44.6 Å². The summed E-state index contributed by atoms with van der Waals surface area (Å²) in [4.78, 5) is 22.4. The Hall–Kier alpha value is -2.31. The first-order chi connectivity index (χ1) is 11.5. The normalized spacial score (nSPS) is 23.4. The molecular formula is C17H23NO6. The lowest BCUT2D eigenvalue weighted by molar-refractivity contribution is -0.531. The molecule has 0 amide bonds. The Bertz CT molecular complexity index is 603. The van der Waals surface area contributed by atoms with Crippen LogP contribution in [-0.4, -0.2) is 36.8 Å². The van der Waals surface area contributed by atoms with Gasteiger partial charge in [0.05, 0.1) is 19.6 Å². The average molecular weight is 337 g/mol. The van der Waals surface area contributed by atoms with Crippen molar-refractivity contribution >= 4 is 5.97 Å². The highest BCUT2D eigenvalue weighted by atomic mass is 16.6. The topological polar surface area (TPSA) is 87.9 Å². The summed E-state index contributed by atoms with van der Waals surface area (Å²) in [5, 5.41) is 11.4. The van der Waals surface area contributed by atoms with Gasteiger partial charge in [-0.25, -0.2) is 0 Å². The molecule has 24 heavy (non-hydrogen) atoms. The van der Waals surface area contributed by atoms with Gasteiger partial charge in [0.1, 0.15) is 6.10 Å². The Kier molecular flexibility index (Phi) is 6.00. The van der Waals surface area contributed by atoms with Crippen molar-refractivity contribution in [3.63, 3.8) is 0 Å². The molecule has 0 aliphatic heterocycles. The zero-order chi connectivity index (χ0) is 17.7. The minimum Gasteiger partial charge on any atom is -0.493 e. The van der Waals surface area contributed by atoms with Crippen LogP contribution in [0.3, 0.4) is 0 Å². The molecule has 1 aliphatic carbocycles. The van der Waals surface area contributed by atoms with Crippen LogP contribution in [0, 0.1) is 10.1 Å². The number of esters is 1. The molecule has 0 radical (unpaired) electrons. The van der Waals surface area contributed by atoms with Crippen LogP contribution in [0.5, 0.6) is 11.5 Å². The van der Waals surface area contributed by atoms with Gasteiger partial charge >= 0.3 is 5.97 Å². The van der Waals surface area contributed by atoms with Crippen molar-refractivity contribution in [1.29, 1.82) is 0 Å². The molecule has 0 N–H and O–H groups in total. The van der Waals surface area contributed by atoms with E-state index in [1.54, 1.807) is 19.2 Å². The molecule has 7 heteroatoms. The molecule has 1 saturated carbocycles. The maximum atomic E-state index is 11.4. The van der Waals surface area contributed by atoms with E-state index in [1.807, 2.05) is 13.0 Å². The van der Waals surface area contributed by atoms with E-state index < -0.39 is 6.04 Å². The summed E-state index contributed by atoms with van der Waals surface area (Å²) in [6.07, 6.45) is 1.03. The Morgan fingerprint density at radius 3 is 2.67 bits per heavy atom. The van der Waals surface area contributed by atoms with E-state index >= 15 is 0 Å². The van der Waals surface area contributed by atoms with Crippen molar-refractivity contribution in [3.05, 3.63) is 33.9 Å². The predicted octanol–water partition coefficient (Wildman–Crippen LogP) is 2.94. The van der Waals surface area contributed by atoms with Crippen molar-refractivity contribution in [2.45, 2.75) is 51.2 Å². The van der Waals surface area contributed by atoms with Crippen LogP contribution in [0.4, 0.5) is 0 Å². The Morgan fingerprint density at radius 2 is 2.08 bits per heavy atom. The Morgan fingerprint density at radius 1 is 1.33 bits per heavy atom. The molecule has 2 rings (SSSR count). The van der Waals surface area contributed by atoms with E-state index in [9.17, 15) is 14.9 Å². The van der Waals surface area contributed by atoms with Gasteiger partial charge < -0.3 is 14.2 Å². The van der Waals surface area contributed by atoms with Gasteiger partial charge in [0.25, 0.3) is 0 Å². The quantitative estimate of drug-likeness (QED) is 0.450. The van der Waals surface area contributed by atoms with Gasteiger partial charge in [-0.1, -0.05) is 6.07 Å². The number of ether oxygens (including phenoxy) is 3. The third-order valence-electron chi connectivity index (χ3n) is 4.28. The molecule has 1 aliphatic rings. The summed E-state index contributed by atoms with van der Waals surface area (Å²) < 4.78 is 16.1. The van der Waals surface area contributed by atoms with Crippen LogP contribution in [0.15, 0.2) is 18.2 Å². The van der Waals surface area contributed by atoms with E-state index in [-0.39, 0.29) is 22.9 Å². The second-order valence-corrected chi connectivity index (χ2v) is 5.85. The molecule has 1 aromatic carbocycles. The maximum Gasteiger partial charge on any atom is 0.302 e. The van der Waals surface area contributed by atoms with Crippen LogP contribution in [-0.2, 0) is 9.53 Å². The number of carbonyl (C=O) groups excluding carboxylic acids is 1. The average Bonchev–Trinajstić information content (AvgIpc) is 2.54. The minimum atomic E-state index is -0.695. The van der Waals surface area contributed by atoms with E-state index in [4.69, 9.17) is 14.2 Å². The summed E-state index contributed by atoms with van der Waals surface area (Å²) in [5.41, 5.74) is 0.804. The van der Waals surface area contributed by atoms with Crippen molar-refractivity contribution in [3.8, 4) is 11.5 Å². The van der Waals surface area contributed by atoms with Crippen LogP contribution < -0.4 is 9.47 Å². The summed E-state index contributed by atoms with van der Waals surface area (Å²) in [6.45, 7) is 3.69. The lowest BCUT2D eigenvalue weighted by Crippen LogP contribution is -2.37. The molecule has 0 heterocycles. The number of hydrogen-bond donors (Lipinski definition) is 0. The summed E-state index contributed by atoms with van der Waals surface area (Å²) >= 11 is 0. The Labute approximate surface area is 141 Å². The molecular weight excluding hydrogens is 314 g/mol. The largest absolute Gasteiger partial charge is 0.493 e. The zero-order valence-corrected chi connectivity index (χ0v) is 14.2. The number of benzene rings is 1. The monoisotopic (exact) mass is 337 g/mol. The number of rotatable bonds is 6. The summed E-state index contributed by atoms with van der Waals surface area (Å²) in [7, 11) is 1.55. The molecule has 1 aromatic rings. The maximum absolute atomic E-state index is 11.4. The highest BCUT2D eigenvalue weighted by Gasteiger charge is 2.40. The number of methoxy groups -OCH3 is 1. The lowest BCUT2D eigenvalue weighted by Gasteiger charge is -2.31. The van der Waals surface area contributed by atoms with Crippen LogP contribution in [0.2, 0.25) is 0 Å². The smallest absolute Gasteiger partial charge is 0.302 e. The fraction of sp³-hybridized carbons (Fsp3) is 0.588. The standard InChI is InChI=1S/C17H23NO6/c1-4-23-17-9-12(5-8-16(17)22-3)14-10-13(24-11(2)19)6-7-15(14)18(20)21/h5,8-9,13-15H,4,6-7,10H2,1-3H3. The lowest BCUT2D eigenvalue weighted by atomic mass is 9.78. The molecule has 0 saturated heterocycles. The molecule has 132 valence electrons. The first kappa shape index (κ1) is 18.0. The third kappa shape index (κ3) is 4.15. The first-order valence-corrected chi connectivity index (χ1v) is 8.07. The van der Waals surface area contributed by atoms with Gasteiger partial charge in [0.15, 0.2) is 11.5 Å². The molecule has 7 nitrogen and oxygen atoms in total. The Balaban J connectivity index is 2.31. The highest BCUT2D eigenvalue weighted by molar-refractivity contribution is 5.66. The van der Waals surface area contributed by atoms with Crippen molar-refractivity contribution in [2.75, 3.05) is 13.7 Å². The second kappa shape index (κ2) is 7.99. The van der Waals surface area contributed by atoms with E-state index in [0.717, 1.165) is 5.56 Å². The van der Waals surface area contributed by atoms with Gasteiger partial charge in [-0.05, 0) is 37.5 Å². The molecule has 0 aromatic heterocycles. The minimum absolute atomic E-state index is 0.237. The van der Waals surface area contributed by atoms with Gasteiger partial charge in [0, 0.05) is 18.3 Å². The van der Waals surface area contributed by atoms with Crippen LogP contribution in [0.25, 0.3) is 0 Å². The molecule has 0 bridgehead atoms. The molecule has 3 unspecified atom stereocenters. The van der Waals surface area contributed by atoms with Crippen LogP contribution >= 0.6 is 0 Å². The van der Waals surface area contributed by atoms with E-state index in [2.05, 4.69) is 0 Å². The molecule has 1 fully saturated rings. The molecule has 0 spiro atoms. The SMILES string of the molecule is CCOc1cc(C2CC(OC(C)=O)CCC2[N+](=O)[O-])ccc1OC. The van der Waals surface area contributed by atoms with Crippen molar-refractivity contribution in [1.82, 2.24) is 0 Å².